The van der Waals surface area contributed by atoms with Crippen molar-refractivity contribution in [3.8, 4) is 0 Å². The van der Waals surface area contributed by atoms with Crippen LogP contribution >= 0.6 is 23.5 Å². The van der Waals surface area contributed by atoms with Crippen LogP contribution in [-0.4, -0.2) is 43.3 Å². The summed E-state index contributed by atoms with van der Waals surface area (Å²) >= 11 is 4.04. The van der Waals surface area contributed by atoms with E-state index in [-0.39, 0.29) is 15.7 Å². The van der Waals surface area contributed by atoms with E-state index in [1.165, 1.54) is 11.5 Å². The molecule has 1 aromatic rings. The number of fused-ring (bicyclic) bond motifs is 1. The Morgan fingerprint density at radius 2 is 1.92 bits per heavy atom. The average Bonchev–Trinajstić information content (AvgIpc) is 2.99. The van der Waals surface area contributed by atoms with Gasteiger partial charge in [0.15, 0.2) is 0 Å². The lowest BCUT2D eigenvalue weighted by molar-refractivity contribution is 0.0666. The molecule has 0 aromatic heterocycles. The van der Waals surface area contributed by atoms with Gasteiger partial charge in [0.25, 0.3) is 0 Å². The van der Waals surface area contributed by atoms with Gasteiger partial charge in [0, 0.05) is 35.3 Å². The third-order valence-electron chi connectivity index (χ3n) is 5.41. The number of allylic oxidation sites excluding steroid dienone is 2. The second kappa shape index (κ2) is 6.48. The minimum absolute atomic E-state index is 0.0214. The van der Waals surface area contributed by atoms with Crippen LogP contribution in [0.5, 0.6) is 0 Å². The summed E-state index contributed by atoms with van der Waals surface area (Å²) in [7, 11) is -1.07. The number of hydrogen-bond acceptors (Lipinski definition) is 5. The van der Waals surface area contributed by atoms with Gasteiger partial charge >= 0.3 is 0 Å². The number of thioether (sulfide) groups is 2. The van der Waals surface area contributed by atoms with Crippen LogP contribution in [0.2, 0.25) is 0 Å². The van der Waals surface area contributed by atoms with E-state index in [4.69, 9.17) is 0 Å². The SMILES string of the molecule is CN=S(=O)(C[C@]1(O)C=CC2C=CC1CC21SCCS1)c1ccccc1. The zero-order valence-electron chi connectivity index (χ0n) is 14.2. The highest BCUT2D eigenvalue weighted by molar-refractivity contribution is 8.21. The molecule has 1 aliphatic heterocycles. The molecule has 3 aliphatic carbocycles. The van der Waals surface area contributed by atoms with Gasteiger partial charge in [-0.3, -0.25) is 0 Å². The maximum absolute atomic E-state index is 13.5. The molecule has 2 bridgehead atoms. The fourth-order valence-electron chi connectivity index (χ4n) is 3.99. The van der Waals surface area contributed by atoms with E-state index in [0.717, 1.165) is 6.42 Å². The molecule has 4 aliphatic rings. The second-order valence-corrected chi connectivity index (χ2v) is 12.4. The van der Waals surface area contributed by atoms with Crippen molar-refractivity contribution >= 4 is 33.3 Å². The van der Waals surface area contributed by atoms with Gasteiger partial charge in [-0.15, -0.1) is 23.5 Å². The van der Waals surface area contributed by atoms with Crippen molar-refractivity contribution in [1.29, 1.82) is 0 Å². The van der Waals surface area contributed by atoms with Crippen molar-refractivity contribution < 1.29 is 9.32 Å². The van der Waals surface area contributed by atoms with Gasteiger partial charge in [0.1, 0.15) is 5.60 Å². The first-order valence-corrected chi connectivity index (χ1v) is 12.2. The average molecular weight is 394 g/mol. The smallest absolute Gasteiger partial charge is 0.102 e. The molecule has 3 unspecified atom stereocenters. The van der Waals surface area contributed by atoms with Crippen molar-refractivity contribution in [2.24, 2.45) is 16.2 Å². The molecule has 134 valence electrons. The maximum atomic E-state index is 13.5. The van der Waals surface area contributed by atoms with Crippen LogP contribution in [0.15, 0.2) is 63.9 Å². The fourth-order valence-corrected chi connectivity index (χ4v) is 9.51. The predicted molar refractivity (Wildman–Crippen MR) is 109 cm³/mol. The summed E-state index contributed by atoms with van der Waals surface area (Å²) in [5, 5.41) is 11.5. The van der Waals surface area contributed by atoms with Crippen LogP contribution < -0.4 is 0 Å². The first kappa shape index (κ1) is 17.7. The van der Waals surface area contributed by atoms with Crippen LogP contribution in [0.3, 0.4) is 0 Å². The largest absolute Gasteiger partial charge is 0.384 e. The third kappa shape index (κ3) is 3.01. The van der Waals surface area contributed by atoms with E-state index in [1.807, 2.05) is 59.9 Å². The Bertz CT molecular complexity index is 820. The molecular weight excluding hydrogens is 370 g/mol. The molecule has 1 fully saturated rings. The molecule has 3 nitrogen and oxygen atoms in total. The van der Waals surface area contributed by atoms with E-state index < -0.39 is 15.3 Å². The molecule has 1 aromatic carbocycles. The summed E-state index contributed by atoms with van der Waals surface area (Å²) in [4.78, 5) is 0.696. The lowest BCUT2D eigenvalue weighted by Gasteiger charge is -2.40. The van der Waals surface area contributed by atoms with Gasteiger partial charge in [-0.1, -0.05) is 42.5 Å². The van der Waals surface area contributed by atoms with E-state index in [1.54, 1.807) is 7.05 Å². The highest BCUT2D eigenvalue weighted by Crippen LogP contribution is 2.58. The summed E-state index contributed by atoms with van der Waals surface area (Å²) in [6.07, 6.45) is 9.33. The number of rotatable bonds is 3. The Labute approximate surface area is 158 Å². The zero-order chi connectivity index (χ0) is 17.5. The Balaban J connectivity index is 1.69. The molecule has 0 saturated carbocycles. The minimum Gasteiger partial charge on any atom is -0.384 e. The van der Waals surface area contributed by atoms with Crippen molar-refractivity contribution in [3.05, 3.63) is 54.6 Å². The van der Waals surface area contributed by atoms with Gasteiger partial charge in [-0.2, -0.15) is 0 Å². The van der Waals surface area contributed by atoms with Gasteiger partial charge in [0.2, 0.25) is 0 Å². The van der Waals surface area contributed by atoms with Crippen molar-refractivity contribution in [2.45, 2.75) is 21.0 Å². The summed E-state index contributed by atoms with van der Waals surface area (Å²) in [6, 6.07) is 9.34. The van der Waals surface area contributed by atoms with Crippen LogP contribution in [0, 0.1) is 11.8 Å². The molecule has 6 heteroatoms. The predicted octanol–water partition coefficient (Wildman–Crippen LogP) is 3.81. The Morgan fingerprint density at radius 3 is 2.60 bits per heavy atom. The molecule has 5 rings (SSSR count). The van der Waals surface area contributed by atoms with Crippen LogP contribution in [0.25, 0.3) is 0 Å². The molecule has 0 radical (unpaired) electrons. The Kier molecular flexibility index (Phi) is 4.59. The van der Waals surface area contributed by atoms with E-state index in [2.05, 4.69) is 22.6 Å². The fraction of sp³-hybridized carbons (Fsp3) is 0.474. The number of aliphatic hydroxyl groups is 1. The number of nitrogens with zero attached hydrogens (tertiary/aromatic N) is 1. The van der Waals surface area contributed by atoms with Crippen molar-refractivity contribution in [1.82, 2.24) is 0 Å². The monoisotopic (exact) mass is 393 g/mol. The summed E-state index contributed by atoms with van der Waals surface area (Å²) in [6.45, 7) is 0. The normalized spacial score (nSPS) is 34.8. The van der Waals surface area contributed by atoms with Crippen LogP contribution in [0.4, 0.5) is 0 Å². The third-order valence-corrected chi connectivity index (χ3v) is 11.5. The molecule has 1 saturated heterocycles. The van der Waals surface area contributed by atoms with E-state index in [9.17, 15) is 9.32 Å². The number of hydrogen-bond donors (Lipinski definition) is 1. The molecular formula is C19H23NO2S3. The van der Waals surface area contributed by atoms with Crippen molar-refractivity contribution in [2.75, 3.05) is 24.3 Å². The molecule has 1 N–H and O–H groups in total. The second-order valence-electron chi connectivity index (χ2n) is 6.86. The number of benzene rings is 1. The minimum atomic E-state index is -2.66. The molecule has 1 heterocycles. The van der Waals surface area contributed by atoms with Gasteiger partial charge in [-0.05, 0) is 18.6 Å². The Hall–Kier alpha value is -0.690. The summed E-state index contributed by atoms with van der Waals surface area (Å²) < 4.78 is 17.9. The quantitative estimate of drug-likeness (QED) is 0.794. The lowest BCUT2D eigenvalue weighted by atomic mass is 9.82. The highest BCUT2D eigenvalue weighted by Gasteiger charge is 2.51. The molecule has 1 spiro atoms. The zero-order valence-corrected chi connectivity index (χ0v) is 16.7. The molecule has 25 heavy (non-hydrogen) atoms. The maximum Gasteiger partial charge on any atom is 0.102 e. The highest BCUT2D eigenvalue weighted by atomic mass is 32.2. The first-order valence-electron chi connectivity index (χ1n) is 8.56. The van der Waals surface area contributed by atoms with Gasteiger partial charge in [0.05, 0.1) is 19.6 Å². The topological polar surface area (TPSA) is 49.7 Å². The van der Waals surface area contributed by atoms with E-state index in [0.29, 0.717) is 10.8 Å². The molecule has 0 amide bonds. The standard InChI is InChI=1S/C19H23NO2S3/c1-20-25(22,17-5-3-2-4-6-17)14-18(21)10-9-15-7-8-16(18)13-19(15)23-11-12-24-19/h2-10,15-16,21H,11-14H2,1H3/t15?,16?,18-,25?/m1/s1. The Morgan fingerprint density at radius 1 is 1.20 bits per heavy atom. The lowest BCUT2D eigenvalue weighted by Crippen LogP contribution is -2.44. The van der Waals surface area contributed by atoms with Crippen LogP contribution in [0.1, 0.15) is 6.42 Å². The first-order chi connectivity index (χ1) is 12.0. The summed E-state index contributed by atoms with van der Waals surface area (Å²) in [5.41, 5.74) is -1.12. The van der Waals surface area contributed by atoms with Gasteiger partial charge < -0.3 is 5.11 Å². The van der Waals surface area contributed by atoms with Crippen LogP contribution in [-0.2, 0) is 9.73 Å². The summed E-state index contributed by atoms with van der Waals surface area (Å²) in [5.74, 6) is 2.79. The molecule has 4 atom stereocenters. The van der Waals surface area contributed by atoms with E-state index >= 15 is 0 Å². The van der Waals surface area contributed by atoms with Crippen molar-refractivity contribution in [3.63, 3.8) is 0 Å². The van der Waals surface area contributed by atoms with Gasteiger partial charge in [-0.25, -0.2) is 8.57 Å².